The lowest BCUT2D eigenvalue weighted by atomic mass is 10.2. The number of hydrogen-bond acceptors (Lipinski definition) is 6. The standard InChI is InChI=1S/C17H21N3O5/c1-3-13-9-20(8-11(2)24-13)15(21)10-23-14-6-4-12(5-7-14)16-18-17(22)25-19-16/h4-7,11,13H,3,8-10H2,1-2H3,(H,18,19,22). The molecule has 1 aromatic heterocycles. The molecule has 0 bridgehead atoms. The van der Waals surface area contributed by atoms with Gasteiger partial charge in [-0.1, -0.05) is 12.1 Å². The molecule has 8 nitrogen and oxygen atoms in total. The van der Waals surface area contributed by atoms with E-state index >= 15 is 0 Å². The molecule has 2 heterocycles. The fraction of sp³-hybridized carbons (Fsp3) is 0.471. The highest BCUT2D eigenvalue weighted by Crippen LogP contribution is 2.19. The monoisotopic (exact) mass is 347 g/mol. The highest BCUT2D eigenvalue weighted by atomic mass is 16.5. The largest absolute Gasteiger partial charge is 0.484 e. The van der Waals surface area contributed by atoms with E-state index in [1.54, 1.807) is 29.2 Å². The summed E-state index contributed by atoms with van der Waals surface area (Å²) in [6.45, 7) is 5.17. The quantitative estimate of drug-likeness (QED) is 0.879. The molecule has 0 saturated carbocycles. The second-order valence-electron chi connectivity index (χ2n) is 6.03. The summed E-state index contributed by atoms with van der Waals surface area (Å²) >= 11 is 0. The van der Waals surface area contributed by atoms with Gasteiger partial charge in [-0.2, -0.15) is 0 Å². The van der Waals surface area contributed by atoms with E-state index in [0.29, 0.717) is 30.2 Å². The minimum absolute atomic E-state index is 0.0245. The highest BCUT2D eigenvalue weighted by Gasteiger charge is 2.27. The maximum atomic E-state index is 12.4. The van der Waals surface area contributed by atoms with Gasteiger partial charge in [0.2, 0.25) is 0 Å². The van der Waals surface area contributed by atoms with Crippen molar-refractivity contribution in [2.24, 2.45) is 0 Å². The Balaban J connectivity index is 1.56. The predicted molar refractivity (Wildman–Crippen MR) is 89.3 cm³/mol. The highest BCUT2D eigenvalue weighted by molar-refractivity contribution is 5.78. The summed E-state index contributed by atoms with van der Waals surface area (Å²) in [6.07, 6.45) is 0.990. The Bertz CT molecular complexity index is 767. The summed E-state index contributed by atoms with van der Waals surface area (Å²) in [5.41, 5.74) is 0.692. The van der Waals surface area contributed by atoms with E-state index in [0.717, 1.165) is 6.42 Å². The zero-order chi connectivity index (χ0) is 17.8. The molecule has 0 aliphatic carbocycles. The summed E-state index contributed by atoms with van der Waals surface area (Å²) in [4.78, 5) is 27.6. The molecule has 134 valence electrons. The van der Waals surface area contributed by atoms with Gasteiger partial charge >= 0.3 is 5.76 Å². The van der Waals surface area contributed by atoms with Crippen molar-refractivity contribution in [1.29, 1.82) is 0 Å². The molecule has 1 N–H and O–H groups in total. The van der Waals surface area contributed by atoms with E-state index < -0.39 is 5.76 Å². The Labute approximate surface area is 144 Å². The van der Waals surface area contributed by atoms with Crippen molar-refractivity contribution in [2.45, 2.75) is 32.5 Å². The van der Waals surface area contributed by atoms with Gasteiger partial charge in [0.1, 0.15) is 5.75 Å². The second-order valence-corrected chi connectivity index (χ2v) is 6.03. The average molecular weight is 347 g/mol. The zero-order valence-corrected chi connectivity index (χ0v) is 14.2. The number of amides is 1. The van der Waals surface area contributed by atoms with Crippen LogP contribution in [0.2, 0.25) is 0 Å². The Morgan fingerprint density at radius 3 is 2.76 bits per heavy atom. The number of nitrogens with one attached hydrogen (secondary N) is 1. The van der Waals surface area contributed by atoms with Crippen molar-refractivity contribution in [3.63, 3.8) is 0 Å². The van der Waals surface area contributed by atoms with Crippen LogP contribution in [0.3, 0.4) is 0 Å². The summed E-state index contributed by atoms with van der Waals surface area (Å²) in [5, 5.41) is 3.62. The molecule has 1 amide bonds. The normalized spacial score (nSPS) is 20.5. The first-order valence-corrected chi connectivity index (χ1v) is 8.27. The van der Waals surface area contributed by atoms with E-state index in [4.69, 9.17) is 9.47 Å². The van der Waals surface area contributed by atoms with Gasteiger partial charge in [0.25, 0.3) is 5.91 Å². The maximum Gasteiger partial charge on any atom is 0.439 e. The lowest BCUT2D eigenvalue weighted by molar-refractivity contribution is -0.146. The van der Waals surface area contributed by atoms with Crippen molar-refractivity contribution in [2.75, 3.05) is 19.7 Å². The summed E-state index contributed by atoms with van der Waals surface area (Å²) in [5.74, 6) is 0.251. The summed E-state index contributed by atoms with van der Waals surface area (Å²) in [7, 11) is 0. The minimum Gasteiger partial charge on any atom is -0.484 e. The van der Waals surface area contributed by atoms with Crippen molar-refractivity contribution in [3.05, 3.63) is 34.8 Å². The van der Waals surface area contributed by atoms with E-state index in [-0.39, 0.29) is 24.7 Å². The molecule has 2 aromatic rings. The van der Waals surface area contributed by atoms with Crippen LogP contribution in [-0.4, -0.2) is 52.9 Å². The molecular weight excluding hydrogens is 326 g/mol. The van der Waals surface area contributed by atoms with Gasteiger partial charge in [-0.3, -0.25) is 14.3 Å². The first-order chi connectivity index (χ1) is 12.0. The molecule has 1 aliphatic rings. The van der Waals surface area contributed by atoms with Crippen molar-refractivity contribution >= 4 is 5.91 Å². The molecule has 1 aromatic carbocycles. The molecule has 0 radical (unpaired) electrons. The molecule has 8 heteroatoms. The number of rotatable bonds is 5. The third-order valence-electron chi connectivity index (χ3n) is 4.06. The van der Waals surface area contributed by atoms with Gasteiger partial charge in [-0.05, 0) is 37.6 Å². The number of carbonyl (C=O) groups is 1. The van der Waals surface area contributed by atoms with Gasteiger partial charge in [-0.15, -0.1) is 0 Å². The predicted octanol–water partition coefficient (Wildman–Crippen LogP) is 1.43. The molecule has 2 unspecified atom stereocenters. The Morgan fingerprint density at radius 1 is 1.36 bits per heavy atom. The second kappa shape index (κ2) is 7.52. The first kappa shape index (κ1) is 17.2. The van der Waals surface area contributed by atoms with Crippen LogP contribution >= 0.6 is 0 Å². The van der Waals surface area contributed by atoms with Crippen LogP contribution in [-0.2, 0) is 9.53 Å². The van der Waals surface area contributed by atoms with E-state index in [9.17, 15) is 9.59 Å². The smallest absolute Gasteiger partial charge is 0.439 e. The fourth-order valence-corrected chi connectivity index (χ4v) is 2.77. The van der Waals surface area contributed by atoms with E-state index in [2.05, 4.69) is 14.7 Å². The van der Waals surface area contributed by atoms with Crippen LogP contribution < -0.4 is 10.5 Å². The summed E-state index contributed by atoms with van der Waals surface area (Å²) in [6, 6.07) is 6.90. The number of aromatic nitrogens is 2. The third kappa shape index (κ3) is 4.27. The van der Waals surface area contributed by atoms with Gasteiger partial charge in [-0.25, -0.2) is 4.79 Å². The number of hydrogen-bond donors (Lipinski definition) is 1. The topological polar surface area (TPSA) is 97.7 Å². The van der Waals surface area contributed by atoms with Gasteiger partial charge < -0.3 is 14.4 Å². The number of morpholine rings is 1. The molecule has 1 aliphatic heterocycles. The zero-order valence-electron chi connectivity index (χ0n) is 14.2. The van der Waals surface area contributed by atoms with Crippen LogP contribution in [0, 0.1) is 0 Å². The molecule has 1 saturated heterocycles. The molecule has 0 spiro atoms. The van der Waals surface area contributed by atoms with Crippen molar-refractivity contribution in [3.8, 4) is 17.1 Å². The lowest BCUT2D eigenvalue weighted by Crippen LogP contribution is -2.50. The number of ether oxygens (including phenoxy) is 2. The minimum atomic E-state index is -0.606. The molecule has 3 rings (SSSR count). The van der Waals surface area contributed by atoms with Crippen LogP contribution in [0.25, 0.3) is 11.4 Å². The van der Waals surface area contributed by atoms with Gasteiger partial charge in [0, 0.05) is 18.7 Å². The Morgan fingerprint density at radius 2 is 2.12 bits per heavy atom. The van der Waals surface area contributed by atoms with Crippen molar-refractivity contribution < 1.29 is 18.8 Å². The summed E-state index contributed by atoms with van der Waals surface area (Å²) < 4.78 is 15.8. The number of nitrogens with zero attached hydrogens (tertiary/aromatic N) is 2. The van der Waals surface area contributed by atoms with Crippen LogP contribution in [0.1, 0.15) is 20.3 Å². The van der Waals surface area contributed by atoms with Gasteiger partial charge in [0.15, 0.2) is 12.4 Å². The lowest BCUT2D eigenvalue weighted by Gasteiger charge is -2.36. The van der Waals surface area contributed by atoms with E-state index in [1.165, 1.54) is 0 Å². The maximum absolute atomic E-state index is 12.4. The number of aromatic amines is 1. The van der Waals surface area contributed by atoms with Crippen LogP contribution in [0.4, 0.5) is 0 Å². The molecule has 1 fully saturated rings. The fourth-order valence-electron chi connectivity index (χ4n) is 2.77. The molecule has 25 heavy (non-hydrogen) atoms. The Kier molecular flexibility index (Phi) is 5.18. The first-order valence-electron chi connectivity index (χ1n) is 8.27. The van der Waals surface area contributed by atoms with Crippen LogP contribution in [0.15, 0.2) is 33.6 Å². The number of carbonyl (C=O) groups excluding carboxylic acids is 1. The third-order valence-corrected chi connectivity index (χ3v) is 4.06. The van der Waals surface area contributed by atoms with Crippen LogP contribution in [0.5, 0.6) is 5.75 Å². The van der Waals surface area contributed by atoms with E-state index in [1.807, 2.05) is 13.8 Å². The SMILES string of the molecule is CCC1CN(C(=O)COc2ccc(-c3noc(=O)[nH]3)cc2)CC(C)O1. The average Bonchev–Trinajstić information content (AvgIpc) is 3.06. The van der Waals surface area contributed by atoms with Crippen molar-refractivity contribution in [1.82, 2.24) is 15.0 Å². The number of H-pyrrole nitrogens is 1. The molecule has 2 atom stereocenters. The Hall–Kier alpha value is -2.61. The van der Waals surface area contributed by atoms with Gasteiger partial charge in [0.05, 0.1) is 12.2 Å². The number of benzene rings is 1. The molecular formula is C17H21N3O5.